The Morgan fingerprint density at radius 2 is 1.53 bits per heavy atom. The van der Waals surface area contributed by atoms with Crippen molar-refractivity contribution >= 4 is 5.91 Å². The Hall–Kier alpha value is -3.15. The number of hydrogen-bond donors (Lipinski definition) is 1. The van der Waals surface area contributed by atoms with Crippen LogP contribution in [0.25, 0.3) is 0 Å². The molecule has 4 atom stereocenters. The number of benzene rings is 3. The topological polar surface area (TPSA) is 59.0 Å². The number of ether oxygens (including phenoxy) is 2. The number of methoxy groups -OCH3 is 2. The maximum Gasteiger partial charge on any atom is 0.229 e. The monoisotopic (exact) mass is 455 g/mol. The molecule has 3 aromatic carbocycles. The van der Waals surface area contributed by atoms with Crippen molar-refractivity contribution in [1.82, 2.24) is 4.90 Å². The number of likely N-dealkylation sites (tertiary alicyclic amines) is 1. The fourth-order valence-corrected chi connectivity index (χ4v) is 7.04. The molecule has 1 heterocycles. The molecule has 5 nitrogen and oxygen atoms in total. The van der Waals surface area contributed by atoms with Gasteiger partial charge in [0.2, 0.25) is 5.91 Å². The average Bonchev–Trinajstić information content (AvgIpc) is 3.14. The van der Waals surface area contributed by atoms with Gasteiger partial charge in [0.15, 0.2) is 0 Å². The maximum atomic E-state index is 14.2. The van der Waals surface area contributed by atoms with Crippen LogP contribution < -0.4 is 4.74 Å². The van der Waals surface area contributed by atoms with Crippen molar-refractivity contribution in [2.75, 3.05) is 14.2 Å². The van der Waals surface area contributed by atoms with E-state index in [1.165, 1.54) is 11.1 Å². The fourth-order valence-electron chi connectivity index (χ4n) is 7.04. The summed E-state index contributed by atoms with van der Waals surface area (Å²) in [6.45, 7) is 2.41. The molecule has 0 saturated carbocycles. The zero-order valence-corrected chi connectivity index (χ0v) is 19.6. The first-order valence-electron chi connectivity index (χ1n) is 11.9. The summed E-state index contributed by atoms with van der Waals surface area (Å²) in [6, 6.07) is 24.5. The van der Waals surface area contributed by atoms with Crippen LogP contribution in [0.5, 0.6) is 5.75 Å². The Labute approximate surface area is 199 Å². The molecular formula is C29H29NO4. The van der Waals surface area contributed by atoms with E-state index >= 15 is 0 Å². The lowest BCUT2D eigenvalue weighted by Gasteiger charge is -2.57. The van der Waals surface area contributed by atoms with Gasteiger partial charge < -0.3 is 19.5 Å². The standard InChI is InChI=1S/C29H29NO4/c1-17(33-2)29-22-10-6-4-8-20(22)24(21-9-5-7-11-23(21)29)25-26(29)28(32)30(27(25)31)16-18-12-14-19(34-3)15-13-18/h4-15,17,24-27,31H,16H2,1-3H3/t17-,24?,25-,26+,27-,29?/m0/s1. The summed E-state index contributed by atoms with van der Waals surface area (Å²) in [6.07, 6.45) is -1.13. The van der Waals surface area contributed by atoms with Crippen LogP contribution in [0.3, 0.4) is 0 Å². The Kier molecular flexibility index (Phi) is 4.84. The smallest absolute Gasteiger partial charge is 0.229 e. The second-order valence-corrected chi connectivity index (χ2v) is 9.68. The lowest BCUT2D eigenvalue weighted by molar-refractivity contribution is -0.138. The Bertz CT molecular complexity index is 1210. The van der Waals surface area contributed by atoms with Gasteiger partial charge in [0.25, 0.3) is 0 Å². The normalized spacial score (nSPS) is 29.4. The van der Waals surface area contributed by atoms with Crippen molar-refractivity contribution in [2.45, 2.75) is 37.1 Å². The molecule has 7 rings (SSSR count). The molecule has 0 unspecified atom stereocenters. The number of aliphatic hydroxyl groups is 1. The number of hydrogen-bond acceptors (Lipinski definition) is 4. The second-order valence-electron chi connectivity index (χ2n) is 9.68. The quantitative estimate of drug-likeness (QED) is 0.630. The van der Waals surface area contributed by atoms with Crippen molar-refractivity contribution in [3.05, 3.63) is 101 Å². The van der Waals surface area contributed by atoms with Gasteiger partial charge in [-0.15, -0.1) is 0 Å². The van der Waals surface area contributed by atoms with Crippen LogP contribution in [-0.2, 0) is 21.5 Å². The van der Waals surface area contributed by atoms with Crippen molar-refractivity contribution in [1.29, 1.82) is 0 Å². The molecule has 174 valence electrons. The molecule has 1 N–H and O–H groups in total. The maximum absolute atomic E-state index is 14.2. The highest BCUT2D eigenvalue weighted by atomic mass is 16.5. The first kappa shape index (κ1) is 21.4. The van der Waals surface area contributed by atoms with Gasteiger partial charge in [0.05, 0.1) is 24.5 Å². The van der Waals surface area contributed by atoms with Gasteiger partial charge in [-0.05, 0) is 46.9 Å². The van der Waals surface area contributed by atoms with Crippen LogP contribution in [0.15, 0.2) is 72.8 Å². The first-order valence-corrected chi connectivity index (χ1v) is 11.9. The second kappa shape index (κ2) is 7.69. The van der Waals surface area contributed by atoms with Crippen LogP contribution in [0.4, 0.5) is 0 Å². The van der Waals surface area contributed by atoms with Gasteiger partial charge in [-0.1, -0.05) is 60.7 Å². The Balaban J connectivity index is 1.53. The largest absolute Gasteiger partial charge is 0.497 e. The summed E-state index contributed by atoms with van der Waals surface area (Å²) in [5.41, 5.74) is 5.01. The summed E-state index contributed by atoms with van der Waals surface area (Å²) in [4.78, 5) is 15.9. The number of carbonyl (C=O) groups excluding carboxylic acids is 1. The van der Waals surface area contributed by atoms with Gasteiger partial charge in [0, 0.05) is 25.5 Å². The molecule has 2 bridgehead atoms. The highest BCUT2D eigenvalue weighted by Crippen LogP contribution is 2.66. The highest BCUT2D eigenvalue weighted by Gasteiger charge is 2.69. The Morgan fingerprint density at radius 1 is 0.941 bits per heavy atom. The average molecular weight is 456 g/mol. The predicted octanol–water partition coefficient (Wildman–Crippen LogP) is 4.07. The molecule has 5 heteroatoms. The summed E-state index contributed by atoms with van der Waals surface area (Å²) in [5, 5.41) is 11.7. The molecule has 3 aliphatic carbocycles. The number of rotatable bonds is 5. The van der Waals surface area contributed by atoms with Crippen LogP contribution in [0, 0.1) is 11.8 Å². The molecule has 0 aromatic heterocycles. The van der Waals surface area contributed by atoms with Gasteiger partial charge in [0.1, 0.15) is 12.0 Å². The van der Waals surface area contributed by atoms with E-state index in [1.54, 1.807) is 19.1 Å². The lowest BCUT2D eigenvalue weighted by Crippen LogP contribution is -2.59. The fraction of sp³-hybridized carbons (Fsp3) is 0.345. The van der Waals surface area contributed by atoms with Gasteiger partial charge >= 0.3 is 0 Å². The van der Waals surface area contributed by atoms with E-state index in [-0.39, 0.29) is 23.8 Å². The molecule has 1 saturated heterocycles. The van der Waals surface area contributed by atoms with Gasteiger partial charge in [-0.3, -0.25) is 4.79 Å². The summed E-state index contributed by atoms with van der Waals surface area (Å²) in [7, 11) is 3.35. The van der Waals surface area contributed by atoms with Crippen molar-refractivity contribution < 1.29 is 19.4 Å². The SMILES string of the molecule is COc1ccc(CN2C(=O)[C@H]3[C@H](C4c5ccccc5C3([C@H](C)OC)c3ccccc34)[C@@H]2O)cc1. The predicted molar refractivity (Wildman–Crippen MR) is 129 cm³/mol. The number of aliphatic hydroxyl groups excluding tert-OH is 1. The van der Waals surface area contributed by atoms with Crippen LogP contribution >= 0.6 is 0 Å². The molecule has 0 spiro atoms. The summed E-state index contributed by atoms with van der Waals surface area (Å²) >= 11 is 0. The van der Waals surface area contributed by atoms with E-state index in [9.17, 15) is 9.90 Å². The van der Waals surface area contributed by atoms with E-state index in [4.69, 9.17) is 9.47 Å². The van der Waals surface area contributed by atoms with Gasteiger partial charge in [-0.2, -0.15) is 0 Å². The molecule has 34 heavy (non-hydrogen) atoms. The Morgan fingerprint density at radius 3 is 2.09 bits per heavy atom. The first-order chi connectivity index (χ1) is 16.5. The highest BCUT2D eigenvalue weighted by molar-refractivity contribution is 5.88. The van der Waals surface area contributed by atoms with E-state index in [2.05, 4.69) is 43.3 Å². The molecule has 4 aliphatic rings. The van der Waals surface area contributed by atoms with Crippen LogP contribution in [0.2, 0.25) is 0 Å². The summed E-state index contributed by atoms with van der Waals surface area (Å²) in [5.74, 6) is 0.0792. The third-order valence-electron chi connectivity index (χ3n) is 8.46. The lowest BCUT2D eigenvalue weighted by atomic mass is 9.45. The minimum absolute atomic E-state index is 0.00813. The zero-order valence-electron chi connectivity index (χ0n) is 19.6. The molecule has 0 radical (unpaired) electrons. The van der Waals surface area contributed by atoms with E-state index in [0.29, 0.717) is 6.54 Å². The van der Waals surface area contributed by atoms with Crippen LogP contribution in [0.1, 0.15) is 40.7 Å². The van der Waals surface area contributed by atoms with Crippen molar-refractivity contribution in [3.8, 4) is 5.75 Å². The van der Waals surface area contributed by atoms with Crippen molar-refractivity contribution in [2.24, 2.45) is 11.8 Å². The van der Waals surface area contributed by atoms with Gasteiger partial charge in [-0.25, -0.2) is 0 Å². The summed E-state index contributed by atoms with van der Waals surface area (Å²) < 4.78 is 11.3. The van der Waals surface area contributed by atoms with Crippen molar-refractivity contribution in [3.63, 3.8) is 0 Å². The van der Waals surface area contributed by atoms with Crippen LogP contribution in [-0.4, -0.2) is 42.5 Å². The number of carbonyl (C=O) groups is 1. The van der Waals surface area contributed by atoms with E-state index in [0.717, 1.165) is 22.4 Å². The minimum Gasteiger partial charge on any atom is -0.497 e. The zero-order chi connectivity index (χ0) is 23.6. The minimum atomic E-state index is -0.880. The number of amides is 1. The molecule has 1 amide bonds. The number of nitrogens with zero attached hydrogens (tertiary/aromatic N) is 1. The molecule has 1 aliphatic heterocycles. The van der Waals surface area contributed by atoms with E-state index < -0.39 is 17.6 Å². The molecule has 3 aromatic rings. The third kappa shape index (κ3) is 2.60. The van der Waals surface area contributed by atoms with E-state index in [1.807, 2.05) is 36.4 Å². The molecule has 1 fully saturated rings. The molecular weight excluding hydrogens is 426 g/mol. The third-order valence-corrected chi connectivity index (χ3v) is 8.46.